The van der Waals surface area contributed by atoms with Gasteiger partial charge in [0.2, 0.25) is 0 Å². The Bertz CT molecular complexity index is 866. The quantitative estimate of drug-likeness (QED) is 0.0815. The number of aliphatic hydroxyl groups excluding tert-OH is 1. The summed E-state index contributed by atoms with van der Waals surface area (Å²) >= 11 is 0. The molecule has 3 unspecified atom stereocenters. The summed E-state index contributed by atoms with van der Waals surface area (Å²) in [5.41, 5.74) is 5.67. The van der Waals surface area contributed by atoms with Crippen molar-refractivity contribution in [3.8, 4) is 5.75 Å². The molecule has 15 heteroatoms. The van der Waals surface area contributed by atoms with Crippen LogP contribution in [-0.2, 0) is 16.5 Å². The summed E-state index contributed by atoms with van der Waals surface area (Å²) < 4.78 is 33.0. The molecule has 10 nitrogen and oxygen atoms in total. The zero-order valence-corrected chi connectivity index (χ0v) is 33.1. The summed E-state index contributed by atoms with van der Waals surface area (Å²) in [6.07, 6.45) is -0.567. The molecule has 0 saturated heterocycles. The van der Waals surface area contributed by atoms with Crippen molar-refractivity contribution in [2.24, 2.45) is 5.73 Å². The van der Waals surface area contributed by atoms with Gasteiger partial charge in [0.1, 0.15) is 18.5 Å². The Kier molecular flexibility index (Phi) is 17.7. The third kappa shape index (κ3) is 19.9. The van der Waals surface area contributed by atoms with Crippen LogP contribution in [0.2, 0.25) is 77.6 Å². The second-order valence-electron chi connectivity index (χ2n) is 13.6. The zero-order chi connectivity index (χ0) is 31.9. The molecular weight excluding hydrogens is 617 g/mol. The van der Waals surface area contributed by atoms with Crippen LogP contribution in [0.15, 0.2) is 30.3 Å². The molecule has 0 amide bonds. The van der Waals surface area contributed by atoms with Crippen molar-refractivity contribution in [1.29, 1.82) is 0 Å². The van der Waals surface area contributed by atoms with E-state index in [9.17, 15) is 5.11 Å². The lowest BCUT2D eigenvalue weighted by atomic mass is 10.3. The number of para-hydroxylation sites is 1. The van der Waals surface area contributed by atoms with E-state index in [1.54, 1.807) is 0 Å². The van der Waals surface area contributed by atoms with Gasteiger partial charge in [0.05, 0.1) is 0 Å². The molecule has 0 aliphatic rings. The Morgan fingerprint density at radius 2 is 1.14 bits per heavy atom. The van der Waals surface area contributed by atoms with Crippen molar-refractivity contribution in [3.05, 3.63) is 30.3 Å². The zero-order valence-electron chi connectivity index (χ0n) is 28.1. The topological polar surface area (TPSA) is 128 Å². The first kappa shape index (κ1) is 39.8. The van der Waals surface area contributed by atoms with E-state index in [1.807, 2.05) is 30.3 Å². The lowest BCUT2D eigenvalue weighted by Gasteiger charge is -2.43. The number of nitrogens with two attached hydrogens (primary N) is 1. The van der Waals surface area contributed by atoms with Gasteiger partial charge in [-0.05, 0) is 90.7 Å². The van der Waals surface area contributed by atoms with Crippen LogP contribution in [0.25, 0.3) is 0 Å². The number of aliphatic hydroxyl groups is 1. The maximum absolute atomic E-state index is 10.2. The first-order valence-corrected chi connectivity index (χ1v) is 30.0. The molecule has 0 radical (unpaired) electrons. The summed E-state index contributed by atoms with van der Waals surface area (Å²) in [6.45, 7) is 27.3. The molecule has 246 valence electrons. The van der Waals surface area contributed by atoms with E-state index in [2.05, 4.69) is 81.4 Å². The average Bonchev–Trinajstić information content (AvgIpc) is 2.82. The molecule has 1 rings (SSSR count). The monoisotopic (exact) mass is 678 g/mol. The van der Waals surface area contributed by atoms with Gasteiger partial charge in [-0.1, -0.05) is 18.2 Å². The van der Waals surface area contributed by atoms with Crippen LogP contribution >= 0.6 is 0 Å². The Morgan fingerprint density at radius 3 is 1.62 bits per heavy atom. The predicted octanol–water partition coefficient (Wildman–Crippen LogP) is 3.74. The summed E-state index contributed by atoms with van der Waals surface area (Å²) in [6, 6.07) is 11.2. The van der Waals surface area contributed by atoms with Crippen molar-refractivity contribution in [2.45, 2.75) is 83.7 Å². The molecular formula is C27H62N4O6Si5. The van der Waals surface area contributed by atoms with Crippen LogP contribution in [0.5, 0.6) is 5.75 Å². The number of hydrogen-bond donors (Lipinski definition) is 5. The van der Waals surface area contributed by atoms with Crippen molar-refractivity contribution in [1.82, 2.24) is 16.0 Å². The van der Waals surface area contributed by atoms with Gasteiger partial charge in [-0.3, -0.25) is 0 Å². The van der Waals surface area contributed by atoms with Crippen LogP contribution < -0.4 is 26.4 Å². The van der Waals surface area contributed by atoms with E-state index in [-0.39, 0.29) is 6.61 Å². The minimum Gasteiger partial charge on any atom is -0.491 e. The summed E-state index contributed by atoms with van der Waals surface area (Å²) in [5.74, 6) is 0.764. The first-order valence-electron chi connectivity index (χ1n) is 15.3. The first-order chi connectivity index (χ1) is 19.4. The summed E-state index contributed by atoms with van der Waals surface area (Å²) in [7, 11) is -11.3. The van der Waals surface area contributed by atoms with Crippen molar-refractivity contribution in [3.63, 3.8) is 0 Å². The molecule has 0 saturated carbocycles. The molecule has 0 spiro atoms. The van der Waals surface area contributed by atoms with Crippen LogP contribution in [-0.4, -0.2) is 106 Å². The van der Waals surface area contributed by atoms with E-state index >= 15 is 0 Å². The highest BCUT2D eigenvalue weighted by molar-refractivity contribution is 6.90. The molecule has 0 aromatic heterocycles. The van der Waals surface area contributed by atoms with Gasteiger partial charge in [-0.25, -0.2) is 0 Å². The molecule has 1 aromatic carbocycles. The number of nitrogens with one attached hydrogen (secondary N) is 3. The summed E-state index contributed by atoms with van der Waals surface area (Å²) in [5, 5.41) is 20.4. The highest BCUT2D eigenvalue weighted by Crippen LogP contribution is 2.29. The third-order valence-electron chi connectivity index (χ3n) is 5.84. The maximum Gasteiger partial charge on any atom is 0.317 e. The van der Waals surface area contributed by atoms with Crippen molar-refractivity contribution < 1.29 is 26.3 Å². The van der Waals surface area contributed by atoms with Gasteiger partial charge >= 0.3 is 25.7 Å². The van der Waals surface area contributed by atoms with Gasteiger partial charge in [0.15, 0.2) is 16.6 Å². The van der Waals surface area contributed by atoms with E-state index in [0.717, 1.165) is 50.6 Å². The van der Waals surface area contributed by atoms with Crippen molar-refractivity contribution in [2.75, 3.05) is 52.4 Å². The maximum atomic E-state index is 10.2. The normalized spacial score (nSPS) is 16.6. The molecule has 0 heterocycles. The second kappa shape index (κ2) is 18.7. The van der Waals surface area contributed by atoms with Gasteiger partial charge in [-0.15, -0.1) is 0 Å². The van der Waals surface area contributed by atoms with Gasteiger partial charge in [0.25, 0.3) is 0 Å². The van der Waals surface area contributed by atoms with E-state index < -0.39 is 48.4 Å². The largest absolute Gasteiger partial charge is 0.491 e. The highest BCUT2D eigenvalue weighted by atomic mass is 28.5. The fourth-order valence-corrected chi connectivity index (χ4v) is 28.0. The molecule has 0 aliphatic heterocycles. The van der Waals surface area contributed by atoms with E-state index in [1.165, 1.54) is 0 Å². The summed E-state index contributed by atoms with van der Waals surface area (Å²) in [4.78, 5) is 0. The fourth-order valence-electron chi connectivity index (χ4n) is 4.80. The number of ether oxygens (including phenoxy) is 1. The molecule has 0 aliphatic carbocycles. The van der Waals surface area contributed by atoms with E-state index in [0.29, 0.717) is 13.1 Å². The standard InChI is InChI=1S/C27H62N4O6Si5/c1-38(2,3)34-41(9,22-20-29-17-16-28)36-40(7,8)37-42(10,35-39(4,5)6)23-21-30-18-19-31-24-26(32)25-33-27-14-12-11-13-15-27/h11-15,26,29-32H,16-25,28H2,1-10H3. The highest BCUT2D eigenvalue weighted by Gasteiger charge is 2.47. The molecule has 42 heavy (non-hydrogen) atoms. The molecule has 6 N–H and O–H groups in total. The fraction of sp³-hybridized carbons (Fsp3) is 0.778. The number of hydrogen-bond acceptors (Lipinski definition) is 10. The lowest BCUT2D eigenvalue weighted by molar-refractivity contribution is 0.106. The second-order valence-corrected chi connectivity index (χ2v) is 33.6. The molecule has 3 atom stereocenters. The van der Waals surface area contributed by atoms with E-state index in [4.69, 9.17) is 26.9 Å². The Hall–Kier alpha value is -0.256. The molecule has 0 fully saturated rings. The third-order valence-corrected chi connectivity index (χ3v) is 23.9. The molecule has 0 bridgehead atoms. The average molecular weight is 679 g/mol. The van der Waals surface area contributed by atoms with Crippen molar-refractivity contribution >= 4 is 42.3 Å². The number of rotatable bonds is 24. The predicted molar refractivity (Wildman–Crippen MR) is 187 cm³/mol. The van der Waals surface area contributed by atoms with Gasteiger partial charge in [-0.2, -0.15) is 0 Å². The van der Waals surface area contributed by atoms with Crippen LogP contribution in [0, 0.1) is 0 Å². The SMILES string of the molecule is C[Si](C)(C)O[Si](C)(CCNCCN)O[Si](C)(C)O[Si](C)(CCNCCNCC(O)COc1ccccc1)O[Si](C)(C)C. The number of benzene rings is 1. The van der Waals surface area contributed by atoms with Gasteiger partial charge < -0.3 is 48.0 Å². The van der Waals surface area contributed by atoms with Crippen LogP contribution in [0.1, 0.15) is 0 Å². The minimum atomic E-state index is -2.58. The Labute approximate surface area is 261 Å². The molecule has 1 aromatic rings. The van der Waals surface area contributed by atoms with Crippen LogP contribution in [0.3, 0.4) is 0 Å². The Balaban J connectivity index is 2.63. The lowest BCUT2D eigenvalue weighted by Crippen LogP contribution is -2.60. The minimum absolute atomic E-state index is 0.261. The Morgan fingerprint density at radius 1 is 0.667 bits per heavy atom. The van der Waals surface area contributed by atoms with Crippen LogP contribution in [0.4, 0.5) is 0 Å². The smallest absolute Gasteiger partial charge is 0.317 e. The van der Waals surface area contributed by atoms with Gasteiger partial charge in [0, 0.05) is 44.8 Å².